The third-order valence-electron chi connectivity index (χ3n) is 4.00. The molecule has 2 N–H and O–H groups in total. The van der Waals surface area contributed by atoms with Crippen LogP contribution < -0.4 is 5.73 Å². The molecule has 1 saturated heterocycles. The third-order valence-corrected chi connectivity index (χ3v) is 4.00. The largest absolute Gasteiger partial charge is 0.380 e. The molecule has 2 unspecified atom stereocenters. The molecule has 4 nitrogen and oxygen atoms in total. The van der Waals surface area contributed by atoms with Gasteiger partial charge >= 0.3 is 0 Å². The summed E-state index contributed by atoms with van der Waals surface area (Å²) < 4.78 is 5.18. The van der Waals surface area contributed by atoms with Crippen molar-refractivity contribution in [2.75, 3.05) is 26.7 Å². The van der Waals surface area contributed by atoms with Crippen molar-refractivity contribution in [3.05, 3.63) is 35.9 Å². The van der Waals surface area contributed by atoms with Gasteiger partial charge in [0.05, 0.1) is 12.5 Å². The zero-order valence-electron chi connectivity index (χ0n) is 12.1. The van der Waals surface area contributed by atoms with Gasteiger partial charge in [-0.1, -0.05) is 30.3 Å². The van der Waals surface area contributed by atoms with E-state index in [0.717, 1.165) is 25.9 Å². The molecule has 0 aromatic heterocycles. The topological polar surface area (TPSA) is 55.6 Å². The number of rotatable bonds is 6. The average molecular weight is 276 g/mol. The van der Waals surface area contributed by atoms with Crippen molar-refractivity contribution in [3.8, 4) is 0 Å². The van der Waals surface area contributed by atoms with Crippen molar-refractivity contribution >= 4 is 5.91 Å². The van der Waals surface area contributed by atoms with Crippen molar-refractivity contribution in [1.29, 1.82) is 0 Å². The summed E-state index contributed by atoms with van der Waals surface area (Å²) in [5.74, 6) is 0.734. The lowest BCUT2D eigenvalue weighted by Gasteiger charge is -2.19. The van der Waals surface area contributed by atoms with Crippen molar-refractivity contribution in [1.82, 2.24) is 4.90 Å². The van der Waals surface area contributed by atoms with Crippen LogP contribution in [0.1, 0.15) is 18.4 Å². The minimum atomic E-state index is -0.157. The number of hydrogen-bond donors (Lipinski definition) is 1. The Morgan fingerprint density at radius 1 is 1.45 bits per heavy atom. The lowest BCUT2D eigenvalue weighted by molar-refractivity contribution is -0.132. The molecule has 20 heavy (non-hydrogen) atoms. The maximum atomic E-state index is 12.2. The Morgan fingerprint density at radius 2 is 2.20 bits per heavy atom. The highest BCUT2D eigenvalue weighted by Crippen LogP contribution is 2.21. The fourth-order valence-corrected chi connectivity index (χ4v) is 2.76. The average Bonchev–Trinajstić information content (AvgIpc) is 2.94. The van der Waals surface area contributed by atoms with Crippen molar-refractivity contribution < 1.29 is 9.53 Å². The summed E-state index contributed by atoms with van der Waals surface area (Å²) in [6, 6.07) is 10.5. The number of methoxy groups -OCH3 is 1. The Morgan fingerprint density at radius 3 is 2.85 bits per heavy atom. The highest BCUT2D eigenvalue weighted by atomic mass is 16.5. The number of carbonyl (C=O) groups is 1. The molecule has 0 saturated carbocycles. The number of hydrogen-bond acceptors (Lipinski definition) is 3. The second-order valence-electron chi connectivity index (χ2n) is 5.48. The summed E-state index contributed by atoms with van der Waals surface area (Å²) in [6.45, 7) is 2.11. The summed E-state index contributed by atoms with van der Waals surface area (Å²) in [4.78, 5) is 14.1. The molecule has 1 aromatic carbocycles. The van der Waals surface area contributed by atoms with Crippen LogP contribution in [-0.4, -0.2) is 43.7 Å². The molecule has 1 aliphatic heterocycles. The van der Waals surface area contributed by atoms with Crippen molar-refractivity contribution in [2.24, 2.45) is 11.7 Å². The van der Waals surface area contributed by atoms with E-state index in [4.69, 9.17) is 10.5 Å². The molecular formula is C16H24N2O2. The van der Waals surface area contributed by atoms with Gasteiger partial charge in [-0.3, -0.25) is 4.79 Å². The summed E-state index contributed by atoms with van der Waals surface area (Å²) in [5.41, 5.74) is 6.91. The number of benzene rings is 1. The van der Waals surface area contributed by atoms with Gasteiger partial charge in [0.15, 0.2) is 0 Å². The highest BCUT2D eigenvalue weighted by Gasteiger charge is 2.27. The van der Waals surface area contributed by atoms with E-state index in [2.05, 4.69) is 24.3 Å². The lowest BCUT2D eigenvalue weighted by Crippen LogP contribution is -2.34. The highest BCUT2D eigenvalue weighted by molar-refractivity contribution is 5.77. The number of amides is 1. The molecule has 0 radical (unpaired) electrons. The first-order valence-corrected chi connectivity index (χ1v) is 7.27. The second-order valence-corrected chi connectivity index (χ2v) is 5.48. The van der Waals surface area contributed by atoms with E-state index < -0.39 is 0 Å². The van der Waals surface area contributed by atoms with Crippen LogP contribution in [0.25, 0.3) is 0 Å². The maximum Gasteiger partial charge on any atom is 0.225 e. The zero-order chi connectivity index (χ0) is 14.4. The van der Waals surface area contributed by atoms with Gasteiger partial charge in [-0.05, 0) is 24.3 Å². The molecule has 110 valence electrons. The van der Waals surface area contributed by atoms with Crippen LogP contribution >= 0.6 is 0 Å². The molecule has 2 rings (SSSR count). The van der Waals surface area contributed by atoms with Crippen LogP contribution in [0.5, 0.6) is 0 Å². The maximum absolute atomic E-state index is 12.2. The standard InChI is InChI=1S/C16H24N2O2/c1-20-15(11-17)10-16(19)18-8-7-14(12-18)9-13-5-3-2-4-6-13/h2-6,14-15H,7-12,17H2,1H3. The molecule has 0 spiro atoms. The SMILES string of the molecule is COC(CN)CC(=O)N1CCC(Cc2ccccc2)C1. The second kappa shape index (κ2) is 7.41. The van der Waals surface area contributed by atoms with E-state index in [0.29, 0.717) is 18.9 Å². The van der Waals surface area contributed by atoms with Crippen LogP contribution in [0.15, 0.2) is 30.3 Å². The monoisotopic (exact) mass is 276 g/mol. The first-order chi connectivity index (χ1) is 9.72. The van der Waals surface area contributed by atoms with Crippen LogP contribution in [0.2, 0.25) is 0 Å². The Balaban J connectivity index is 1.81. The number of likely N-dealkylation sites (tertiary alicyclic amines) is 1. The first-order valence-electron chi connectivity index (χ1n) is 7.27. The zero-order valence-corrected chi connectivity index (χ0v) is 12.1. The van der Waals surface area contributed by atoms with Crippen molar-refractivity contribution in [3.63, 3.8) is 0 Å². The van der Waals surface area contributed by atoms with E-state index >= 15 is 0 Å². The predicted molar refractivity (Wildman–Crippen MR) is 79.3 cm³/mol. The molecule has 1 fully saturated rings. The Hall–Kier alpha value is -1.39. The van der Waals surface area contributed by atoms with E-state index in [-0.39, 0.29) is 12.0 Å². The van der Waals surface area contributed by atoms with Gasteiger partial charge in [-0.2, -0.15) is 0 Å². The Kier molecular flexibility index (Phi) is 5.56. The van der Waals surface area contributed by atoms with E-state index in [1.165, 1.54) is 5.56 Å². The van der Waals surface area contributed by atoms with Crippen LogP contribution in [0.3, 0.4) is 0 Å². The molecule has 1 heterocycles. The van der Waals surface area contributed by atoms with Gasteiger partial charge in [-0.25, -0.2) is 0 Å². The fraction of sp³-hybridized carbons (Fsp3) is 0.562. The molecule has 0 bridgehead atoms. The summed E-state index contributed by atoms with van der Waals surface area (Å²) in [6.07, 6.45) is 2.37. The Labute approximate surface area is 120 Å². The Bertz CT molecular complexity index is 418. The smallest absolute Gasteiger partial charge is 0.225 e. The normalized spacial score (nSPS) is 20.1. The van der Waals surface area contributed by atoms with Crippen LogP contribution in [-0.2, 0) is 16.0 Å². The fourth-order valence-electron chi connectivity index (χ4n) is 2.76. The van der Waals surface area contributed by atoms with Gasteiger partial charge in [0.25, 0.3) is 0 Å². The molecule has 1 aliphatic rings. The summed E-state index contributed by atoms with van der Waals surface area (Å²) in [5, 5.41) is 0. The molecule has 0 aliphatic carbocycles. The van der Waals surface area contributed by atoms with E-state index in [9.17, 15) is 4.79 Å². The molecule has 1 aromatic rings. The van der Waals surface area contributed by atoms with Gasteiger partial charge in [0, 0.05) is 26.7 Å². The lowest BCUT2D eigenvalue weighted by atomic mass is 9.99. The van der Waals surface area contributed by atoms with Crippen LogP contribution in [0.4, 0.5) is 0 Å². The first kappa shape index (κ1) is 15.0. The quantitative estimate of drug-likeness (QED) is 0.855. The third kappa shape index (κ3) is 4.05. The molecule has 1 amide bonds. The molecule has 2 atom stereocenters. The van der Waals surface area contributed by atoms with Gasteiger partial charge < -0.3 is 15.4 Å². The minimum Gasteiger partial charge on any atom is -0.380 e. The van der Waals surface area contributed by atoms with Gasteiger partial charge in [-0.15, -0.1) is 0 Å². The number of carbonyl (C=O) groups excluding carboxylic acids is 1. The van der Waals surface area contributed by atoms with Gasteiger partial charge in [0.1, 0.15) is 0 Å². The van der Waals surface area contributed by atoms with E-state index in [1.807, 2.05) is 11.0 Å². The van der Waals surface area contributed by atoms with Crippen LogP contribution in [0, 0.1) is 5.92 Å². The number of ether oxygens (including phenoxy) is 1. The van der Waals surface area contributed by atoms with E-state index in [1.54, 1.807) is 7.11 Å². The predicted octanol–water partition coefficient (Wildman–Crippen LogP) is 1.44. The molecule has 4 heteroatoms. The van der Waals surface area contributed by atoms with Crippen molar-refractivity contribution in [2.45, 2.75) is 25.4 Å². The minimum absolute atomic E-state index is 0.157. The number of nitrogens with zero attached hydrogens (tertiary/aromatic N) is 1. The molecular weight excluding hydrogens is 252 g/mol. The summed E-state index contributed by atoms with van der Waals surface area (Å²) in [7, 11) is 1.60. The van der Waals surface area contributed by atoms with Gasteiger partial charge in [0.2, 0.25) is 5.91 Å². The summed E-state index contributed by atoms with van der Waals surface area (Å²) >= 11 is 0. The number of nitrogens with two attached hydrogens (primary N) is 1.